The summed E-state index contributed by atoms with van der Waals surface area (Å²) in [7, 11) is 0. The van der Waals surface area contributed by atoms with Crippen molar-refractivity contribution in [1.29, 1.82) is 0 Å². The van der Waals surface area contributed by atoms with Crippen molar-refractivity contribution in [3.63, 3.8) is 0 Å². The summed E-state index contributed by atoms with van der Waals surface area (Å²) in [5.41, 5.74) is 8.76. The molecule has 0 aliphatic heterocycles. The molecule has 2 rings (SSSR count). The Hall–Kier alpha value is -0.541. The fraction of sp³-hybridized carbons (Fsp3) is 0.286. The van der Waals surface area contributed by atoms with Crippen LogP contribution in [0.25, 0.3) is 10.8 Å². The van der Waals surface area contributed by atoms with E-state index in [9.17, 15) is 0 Å². The number of rotatable bonds is 2. The predicted molar refractivity (Wildman–Crippen MR) is 70.7 cm³/mol. The molecule has 2 unspecified atom stereocenters. The Kier molecular flexibility index (Phi) is 3.55. The van der Waals surface area contributed by atoms with Gasteiger partial charge >= 0.3 is 110 Å². The first-order valence-electron chi connectivity index (χ1n) is 5.59. The Balaban J connectivity index is 2.71. The monoisotopic (exact) mass is 318 g/mol. The van der Waals surface area contributed by atoms with Crippen LogP contribution < -0.4 is 5.73 Å². The van der Waals surface area contributed by atoms with Crippen molar-refractivity contribution in [2.75, 3.05) is 0 Å². The Morgan fingerprint density at radius 3 is 1.94 bits per heavy atom. The van der Waals surface area contributed by atoms with Gasteiger partial charge in [-0.25, -0.2) is 0 Å². The maximum absolute atomic E-state index is 6.05. The van der Waals surface area contributed by atoms with E-state index < -0.39 is 0 Å². The van der Waals surface area contributed by atoms with Gasteiger partial charge in [0.1, 0.15) is 0 Å². The van der Waals surface area contributed by atoms with Crippen LogP contribution in [0.4, 0.5) is 0 Å². The number of fused-ring (bicyclic) bond motifs is 1. The van der Waals surface area contributed by atoms with Crippen LogP contribution in [0.5, 0.6) is 0 Å². The summed E-state index contributed by atoms with van der Waals surface area (Å²) >= 11 is 1.54. The molecule has 1 nitrogen and oxygen atoms in total. The third-order valence-corrected chi connectivity index (χ3v) is 3.80. The van der Waals surface area contributed by atoms with Gasteiger partial charge in [-0.1, -0.05) is 0 Å². The topological polar surface area (TPSA) is 26.0 Å². The summed E-state index contributed by atoms with van der Waals surface area (Å²) in [6, 6.07) is 13.1. The molecule has 0 aliphatic rings. The fourth-order valence-electron chi connectivity index (χ4n) is 2.04. The molecule has 0 spiro atoms. The zero-order valence-electron chi connectivity index (χ0n) is 9.70. The molecule has 0 aliphatic carbocycles. The fourth-order valence-corrected chi connectivity index (χ4v) is 2.76. The normalized spacial score (nSPS) is 15.0. The SMILES string of the molecule is CC(N)c1cc2ccccc2cc1[CH](C)[Sn]. The van der Waals surface area contributed by atoms with E-state index in [2.05, 4.69) is 50.2 Å². The van der Waals surface area contributed by atoms with Gasteiger partial charge in [0.25, 0.3) is 0 Å². The van der Waals surface area contributed by atoms with Gasteiger partial charge < -0.3 is 0 Å². The summed E-state index contributed by atoms with van der Waals surface area (Å²) in [4.78, 5) is 0. The molecule has 0 aromatic heterocycles. The molecule has 2 heteroatoms. The van der Waals surface area contributed by atoms with Crippen LogP contribution >= 0.6 is 0 Å². The molecule has 3 radical (unpaired) electrons. The summed E-state index contributed by atoms with van der Waals surface area (Å²) < 4.78 is 0.609. The van der Waals surface area contributed by atoms with Gasteiger partial charge in [0, 0.05) is 0 Å². The molecule has 0 amide bonds. The van der Waals surface area contributed by atoms with Gasteiger partial charge in [-0.15, -0.1) is 0 Å². The van der Waals surface area contributed by atoms with Crippen molar-refractivity contribution in [2.24, 2.45) is 5.73 Å². The zero-order valence-corrected chi connectivity index (χ0v) is 12.6. The molecule has 81 valence electrons. The molecule has 0 heterocycles. The summed E-state index contributed by atoms with van der Waals surface area (Å²) in [5.74, 6) is 0. The van der Waals surface area contributed by atoms with E-state index in [4.69, 9.17) is 5.73 Å². The average Bonchev–Trinajstić information content (AvgIpc) is 2.27. The van der Waals surface area contributed by atoms with Crippen molar-refractivity contribution < 1.29 is 0 Å². The Morgan fingerprint density at radius 2 is 1.50 bits per heavy atom. The molecule has 0 saturated carbocycles. The third kappa shape index (κ3) is 2.25. The second kappa shape index (κ2) is 4.76. The first-order valence-corrected chi connectivity index (χ1v) is 7.23. The van der Waals surface area contributed by atoms with Crippen LogP contribution in [0.15, 0.2) is 36.4 Å². The minimum absolute atomic E-state index is 0.113. The van der Waals surface area contributed by atoms with Gasteiger partial charge in [0.05, 0.1) is 0 Å². The molecule has 2 aromatic rings. The molecular weight excluding hydrogens is 301 g/mol. The van der Waals surface area contributed by atoms with E-state index in [0.717, 1.165) is 0 Å². The summed E-state index contributed by atoms with van der Waals surface area (Å²) in [5, 5.41) is 2.60. The third-order valence-electron chi connectivity index (χ3n) is 2.91. The van der Waals surface area contributed by atoms with E-state index in [1.807, 2.05) is 0 Å². The molecule has 2 aromatic carbocycles. The molecule has 0 saturated heterocycles. The van der Waals surface area contributed by atoms with Crippen LogP contribution in [0.3, 0.4) is 0 Å². The zero-order chi connectivity index (χ0) is 11.7. The van der Waals surface area contributed by atoms with Crippen molar-refractivity contribution in [3.05, 3.63) is 47.5 Å². The molecule has 2 N–H and O–H groups in total. The summed E-state index contributed by atoms with van der Waals surface area (Å²) in [6.45, 7) is 4.32. The molecular formula is C14H16NSn. The van der Waals surface area contributed by atoms with Crippen molar-refractivity contribution in [3.8, 4) is 0 Å². The Morgan fingerprint density at radius 1 is 1.00 bits per heavy atom. The number of nitrogens with two attached hydrogens (primary N) is 1. The first-order chi connectivity index (χ1) is 7.59. The van der Waals surface area contributed by atoms with Crippen LogP contribution in [-0.4, -0.2) is 22.5 Å². The van der Waals surface area contributed by atoms with Gasteiger partial charge in [-0.05, 0) is 0 Å². The van der Waals surface area contributed by atoms with E-state index in [1.165, 1.54) is 44.4 Å². The van der Waals surface area contributed by atoms with Gasteiger partial charge in [-0.2, -0.15) is 0 Å². The van der Waals surface area contributed by atoms with E-state index in [0.29, 0.717) is 3.93 Å². The van der Waals surface area contributed by atoms with Crippen LogP contribution in [-0.2, 0) is 0 Å². The van der Waals surface area contributed by atoms with Crippen LogP contribution in [0.2, 0.25) is 0 Å². The Bertz CT molecular complexity index is 457. The first kappa shape index (κ1) is 11.9. The molecule has 0 bridgehead atoms. The summed E-state index contributed by atoms with van der Waals surface area (Å²) in [6.07, 6.45) is 0. The maximum atomic E-state index is 6.05. The number of hydrogen-bond donors (Lipinski definition) is 1. The van der Waals surface area contributed by atoms with Crippen molar-refractivity contribution >= 4 is 33.3 Å². The van der Waals surface area contributed by atoms with E-state index >= 15 is 0 Å². The quantitative estimate of drug-likeness (QED) is 0.847. The van der Waals surface area contributed by atoms with Gasteiger partial charge in [-0.3, -0.25) is 0 Å². The van der Waals surface area contributed by atoms with Crippen molar-refractivity contribution in [1.82, 2.24) is 0 Å². The van der Waals surface area contributed by atoms with E-state index in [-0.39, 0.29) is 6.04 Å². The Labute approximate surface area is 110 Å². The van der Waals surface area contributed by atoms with Crippen LogP contribution in [0, 0.1) is 0 Å². The van der Waals surface area contributed by atoms with Gasteiger partial charge in [0.15, 0.2) is 0 Å². The van der Waals surface area contributed by atoms with E-state index in [1.54, 1.807) is 0 Å². The number of hydrogen-bond acceptors (Lipinski definition) is 1. The molecule has 0 fully saturated rings. The van der Waals surface area contributed by atoms with Gasteiger partial charge in [0.2, 0.25) is 0 Å². The van der Waals surface area contributed by atoms with Crippen molar-refractivity contribution in [2.45, 2.75) is 23.8 Å². The molecule has 2 atom stereocenters. The standard InChI is InChI=1S/C14H16N.Sn/c1-3-11-8-12-6-4-5-7-13(12)9-14(11)10(2)15;/h3-10H,15H2,1-2H3;. The second-order valence-corrected chi connectivity index (χ2v) is 6.81. The molecule has 16 heavy (non-hydrogen) atoms. The average molecular weight is 317 g/mol. The predicted octanol–water partition coefficient (Wildman–Crippen LogP) is 3.09. The minimum atomic E-state index is 0.113. The van der Waals surface area contributed by atoms with Crippen LogP contribution in [0.1, 0.15) is 35.0 Å². The number of benzene rings is 2. The second-order valence-electron chi connectivity index (χ2n) is 4.34.